The van der Waals surface area contributed by atoms with Gasteiger partial charge in [0.15, 0.2) is 0 Å². The highest BCUT2D eigenvalue weighted by atomic mass is 13.7. The topological polar surface area (TPSA) is 0 Å². The summed E-state index contributed by atoms with van der Waals surface area (Å²) < 4.78 is 0. The third-order valence-electron chi connectivity index (χ3n) is 5.65. The van der Waals surface area contributed by atoms with Gasteiger partial charge in [-0.25, -0.2) is 5.92 Å². The van der Waals surface area contributed by atoms with Crippen LogP contribution >= 0.6 is 0 Å². The van der Waals surface area contributed by atoms with Crippen molar-refractivity contribution in [1.29, 1.82) is 0 Å². The van der Waals surface area contributed by atoms with Gasteiger partial charge in [-0.05, 0) is 102 Å². The molecule has 0 heterocycles. The largest absolute Gasteiger partial charge is 0.284 e. The van der Waals surface area contributed by atoms with E-state index < -0.39 is 0 Å². The predicted octanol–water partition coefficient (Wildman–Crippen LogP) is 0.993. The number of hydrogen-bond acceptors (Lipinski definition) is 0. The maximum absolute atomic E-state index is 3.32. The van der Waals surface area contributed by atoms with Crippen LogP contribution in [0.25, 0.3) is 0 Å². The minimum atomic E-state index is 1.68. The molecule has 0 amide bonds. The molecule has 0 rings (SSSR count). The van der Waals surface area contributed by atoms with Gasteiger partial charge in [-0.3, -0.25) is 5.92 Å². The van der Waals surface area contributed by atoms with Crippen molar-refractivity contribution in [3.05, 3.63) is 6.92 Å². The van der Waals surface area contributed by atoms with E-state index >= 15 is 0 Å². The van der Waals surface area contributed by atoms with Crippen LogP contribution in [0.1, 0.15) is 6.92 Å². The molecule has 0 saturated heterocycles. The van der Waals surface area contributed by atoms with E-state index in [0.29, 0.717) is 0 Å². The number of rotatable bonds is 0. The summed E-state index contributed by atoms with van der Waals surface area (Å²) in [5.41, 5.74) is 0. The van der Waals surface area contributed by atoms with Gasteiger partial charge in [0.2, 0.25) is 0 Å². The van der Waals surface area contributed by atoms with E-state index in [0.717, 1.165) is 0 Å². The zero-order chi connectivity index (χ0) is 65.6. The van der Waals surface area contributed by atoms with Crippen LogP contribution in [0.2, 0.25) is 0 Å². The first-order chi connectivity index (χ1) is 45.9. The highest BCUT2D eigenvalue weighted by Gasteiger charge is 1.66. The molecule has 0 aromatic carbocycles. The first kappa shape index (κ1) is 72.1. The van der Waals surface area contributed by atoms with Crippen molar-refractivity contribution in [3.8, 4) is 533 Å². The monoisotopic (exact) mass is 1110 g/mol. The fraction of sp³-hybridized carbons (Fsp3) is 0.0109. The van der Waals surface area contributed by atoms with Crippen molar-refractivity contribution in [1.82, 2.24) is 0 Å². The second-order valence-electron chi connectivity index (χ2n) is 11.4. The fourth-order valence-electron chi connectivity index (χ4n) is 2.79. The summed E-state index contributed by atoms with van der Waals surface area (Å²) in [6.45, 7) is 5.00. The van der Waals surface area contributed by atoms with E-state index in [-0.39, 0.29) is 0 Å². The van der Waals surface area contributed by atoms with Gasteiger partial charge in [0, 0.05) is 414 Å². The van der Waals surface area contributed by atoms with Crippen LogP contribution in [-0.2, 0) is 0 Å². The van der Waals surface area contributed by atoms with E-state index in [1.165, 1.54) is 0 Å². The van der Waals surface area contributed by atoms with E-state index in [9.17, 15) is 0 Å². The maximum Gasteiger partial charge on any atom is 0 e. The van der Waals surface area contributed by atoms with Crippen molar-refractivity contribution in [3.63, 3.8) is 0 Å². The second-order valence-corrected chi connectivity index (χ2v) is 11.4. The van der Waals surface area contributed by atoms with Crippen molar-refractivity contribution in [2.45, 2.75) is 6.92 Å². The lowest BCUT2D eigenvalue weighted by molar-refractivity contribution is 1.92. The van der Waals surface area contributed by atoms with Crippen molar-refractivity contribution in [2.24, 2.45) is 0 Å². The fourth-order valence-corrected chi connectivity index (χ4v) is 2.79. The lowest BCUT2D eigenvalue weighted by Crippen LogP contribution is -1.57. The van der Waals surface area contributed by atoms with Gasteiger partial charge in [-0.1, -0.05) is 5.92 Å². The first-order valence-electron chi connectivity index (χ1n) is 23.1. The Morgan fingerprint density at radius 3 is 0.196 bits per heavy atom. The van der Waals surface area contributed by atoms with E-state index in [2.05, 4.69) is 540 Å². The Bertz CT molecular complexity index is 5970. The molecule has 0 spiro atoms. The SMILES string of the molecule is [CH2-]C#CC#CC#CC#CC#CC#CC#CC#CC#CC#CC#CC#CC#CC#CC#CC#CC#CC#CC#CC#CC#CC#CC#CC#CC#CC#CC#CC#CC#CC#CC#CC#CC#CC#CC#CC#CC#CC#CC#CC#CC#CC#CC#CC#CC#CC. The summed E-state index contributed by atoms with van der Waals surface area (Å²) in [7, 11) is 0. The molecule has 374 valence electrons. The van der Waals surface area contributed by atoms with Crippen LogP contribution < -0.4 is 0 Å². The highest BCUT2D eigenvalue weighted by Crippen LogP contribution is 1.66. The normalized spacial score (nSPS) is 3.97. The number of hydrogen-bond donors (Lipinski definition) is 0. The summed E-state index contributed by atoms with van der Waals surface area (Å²) in [5.74, 6) is 225. The Morgan fingerprint density at radius 1 is 0.0870 bits per heavy atom. The quantitative estimate of drug-likeness (QED) is 0.252. The summed E-state index contributed by atoms with van der Waals surface area (Å²) in [4.78, 5) is 0. The molecule has 0 bridgehead atoms. The van der Waals surface area contributed by atoms with Gasteiger partial charge in [-0.15, -0.1) is 5.92 Å². The van der Waals surface area contributed by atoms with Gasteiger partial charge >= 0.3 is 0 Å². The molecule has 0 fully saturated rings. The summed E-state index contributed by atoms with van der Waals surface area (Å²) >= 11 is 0. The van der Waals surface area contributed by atoms with E-state index in [1.807, 2.05) is 0 Å². The standard InChI is InChI=1S/C92H5/c1-3-5-7-9-11-13-15-17-19-21-23-25-27-29-31-33-35-37-39-41-43-45-47-49-51-53-55-57-59-61-63-65-67-69-71-73-75-77-79-81-83-85-87-89-91-92-90-88-86-84-82-80-78-76-74-72-70-68-66-64-62-60-58-56-54-52-50-48-46-44-42-40-38-36-34-32-30-28-26-24-22-20-18-16-14-12-10-8-6-4-2/h1H2,2H3/q-1. The highest BCUT2D eigenvalue weighted by molar-refractivity contribution is 5.55. The molecule has 0 unspecified atom stereocenters. The molecule has 0 atom stereocenters. The molecule has 0 aromatic rings. The van der Waals surface area contributed by atoms with E-state index in [1.54, 1.807) is 6.92 Å². The van der Waals surface area contributed by atoms with Crippen LogP contribution in [0.15, 0.2) is 0 Å². The second kappa shape index (κ2) is 71.1. The Kier molecular flexibility index (Phi) is 55.7. The summed E-state index contributed by atoms with van der Waals surface area (Å²) in [5, 5.41) is 0. The Balaban J connectivity index is 4.63. The third kappa shape index (κ3) is 70.1. The molecule has 0 aliphatic heterocycles. The molecule has 0 N–H and O–H groups in total. The zero-order valence-electron chi connectivity index (χ0n) is 46.7. The maximum atomic E-state index is 3.32. The molecule has 0 saturated carbocycles. The van der Waals surface area contributed by atoms with Crippen molar-refractivity contribution in [2.75, 3.05) is 0 Å². The van der Waals surface area contributed by atoms with E-state index in [4.69, 9.17) is 0 Å². The van der Waals surface area contributed by atoms with Crippen LogP contribution in [0.3, 0.4) is 0 Å². The third-order valence-corrected chi connectivity index (χ3v) is 5.65. The Labute approximate surface area is 543 Å². The van der Waals surface area contributed by atoms with Crippen LogP contribution in [-0.4, -0.2) is 0 Å². The lowest BCUT2D eigenvalue weighted by atomic mass is 10.4. The van der Waals surface area contributed by atoms with Crippen LogP contribution in [0.4, 0.5) is 0 Å². The molecule has 0 aromatic heterocycles. The van der Waals surface area contributed by atoms with Crippen molar-refractivity contribution >= 4 is 0 Å². The molecule has 0 aliphatic rings. The average Bonchev–Trinajstić information content (AvgIpc) is 3.57. The van der Waals surface area contributed by atoms with Gasteiger partial charge < -0.3 is 0 Å². The first-order valence-corrected chi connectivity index (χ1v) is 23.1. The zero-order valence-corrected chi connectivity index (χ0v) is 46.7. The molecule has 0 heteroatoms. The molecule has 0 radical (unpaired) electrons. The smallest absolute Gasteiger partial charge is 0 e. The molecule has 0 aliphatic carbocycles. The van der Waals surface area contributed by atoms with Gasteiger partial charge in [-0.2, -0.15) is 6.92 Å². The Hall–Kier alpha value is -19.9. The minimum Gasteiger partial charge on any atom is -0.284 e. The minimum absolute atomic E-state index is 1.68. The Morgan fingerprint density at radius 2 is 0.141 bits per heavy atom. The average molecular weight is 1110 g/mol. The molecule has 0 nitrogen and oxygen atoms in total. The summed E-state index contributed by atoms with van der Waals surface area (Å²) in [6.07, 6.45) is 0. The molecular formula is C92H5-. The van der Waals surface area contributed by atoms with Crippen LogP contribution in [0.5, 0.6) is 0 Å². The van der Waals surface area contributed by atoms with Gasteiger partial charge in [0.05, 0.1) is 0 Å². The van der Waals surface area contributed by atoms with Crippen LogP contribution in [0, 0.1) is 540 Å². The van der Waals surface area contributed by atoms with Gasteiger partial charge in [0.25, 0.3) is 0 Å². The van der Waals surface area contributed by atoms with Crippen molar-refractivity contribution < 1.29 is 0 Å². The van der Waals surface area contributed by atoms with Gasteiger partial charge in [0.1, 0.15) is 0 Å². The molecule has 92 heavy (non-hydrogen) atoms. The molecular weight excluding hydrogens is 1110 g/mol. The predicted molar refractivity (Wildman–Crippen MR) is 361 cm³/mol. The summed E-state index contributed by atoms with van der Waals surface area (Å²) in [6, 6.07) is 0. The lowest BCUT2D eigenvalue weighted by Gasteiger charge is -1.64.